The first-order valence-corrected chi connectivity index (χ1v) is 29.7. The van der Waals surface area contributed by atoms with Crippen molar-refractivity contribution in [2.45, 2.75) is 341 Å². The molecule has 0 spiro atoms. The molecule has 0 saturated heterocycles. The Morgan fingerprint density at radius 2 is 0.500 bits per heavy atom. The van der Waals surface area contributed by atoms with E-state index in [2.05, 4.69) is 32.9 Å². The number of hydrogen-bond acceptors (Lipinski definition) is 6. The minimum absolute atomic E-state index is 0.0647. The lowest BCUT2D eigenvalue weighted by Gasteiger charge is -2.18. The zero-order valence-corrected chi connectivity index (χ0v) is 44.7. The highest BCUT2D eigenvalue weighted by molar-refractivity contribution is 5.71. The first-order valence-electron chi connectivity index (χ1n) is 29.7. The fourth-order valence-corrected chi connectivity index (χ4v) is 9.03. The lowest BCUT2D eigenvalue weighted by atomic mass is 10.0. The second-order valence-electron chi connectivity index (χ2n) is 20.3. The van der Waals surface area contributed by atoms with Crippen molar-refractivity contribution in [2.75, 3.05) is 13.2 Å². The number of ether oxygens (including phenoxy) is 3. The van der Waals surface area contributed by atoms with E-state index >= 15 is 0 Å². The summed E-state index contributed by atoms with van der Waals surface area (Å²) in [5, 5.41) is 0. The van der Waals surface area contributed by atoms with Crippen LogP contribution in [0.3, 0.4) is 0 Å². The van der Waals surface area contributed by atoms with Gasteiger partial charge in [-0.1, -0.05) is 283 Å². The van der Waals surface area contributed by atoms with Crippen LogP contribution in [0, 0.1) is 0 Å². The molecule has 0 aromatic heterocycles. The molecular formula is C60H114O6. The maximum absolute atomic E-state index is 12.7. The molecule has 0 heterocycles. The summed E-state index contributed by atoms with van der Waals surface area (Å²) in [6.07, 6.45) is 64.1. The van der Waals surface area contributed by atoms with Gasteiger partial charge in [-0.05, 0) is 44.9 Å². The van der Waals surface area contributed by atoms with Crippen LogP contribution >= 0.6 is 0 Å². The summed E-state index contributed by atoms with van der Waals surface area (Å²) < 4.78 is 16.7. The molecule has 6 heteroatoms. The van der Waals surface area contributed by atoms with Crippen molar-refractivity contribution < 1.29 is 28.6 Å². The van der Waals surface area contributed by atoms with E-state index in [1.54, 1.807) is 0 Å². The molecule has 0 saturated carbocycles. The van der Waals surface area contributed by atoms with Crippen molar-refractivity contribution in [1.29, 1.82) is 0 Å². The van der Waals surface area contributed by atoms with Crippen LogP contribution < -0.4 is 0 Å². The van der Waals surface area contributed by atoms with Gasteiger partial charge in [0.25, 0.3) is 0 Å². The van der Waals surface area contributed by atoms with Crippen LogP contribution in [0.2, 0.25) is 0 Å². The van der Waals surface area contributed by atoms with Crippen molar-refractivity contribution in [2.24, 2.45) is 0 Å². The zero-order valence-electron chi connectivity index (χ0n) is 44.7. The summed E-state index contributed by atoms with van der Waals surface area (Å²) in [4.78, 5) is 37.7. The fourth-order valence-electron chi connectivity index (χ4n) is 9.03. The Labute approximate surface area is 411 Å². The van der Waals surface area contributed by atoms with E-state index in [1.807, 2.05) is 0 Å². The molecule has 0 aliphatic rings. The van der Waals surface area contributed by atoms with Gasteiger partial charge < -0.3 is 14.2 Å². The van der Waals surface area contributed by atoms with Crippen molar-refractivity contribution in [3.05, 3.63) is 12.2 Å². The van der Waals surface area contributed by atoms with Gasteiger partial charge in [-0.2, -0.15) is 0 Å². The highest BCUT2D eigenvalue weighted by Gasteiger charge is 2.19. The van der Waals surface area contributed by atoms with Gasteiger partial charge in [0.2, 0.25) is 0 Å². The van der Waals surface area contributed by atoms with E-state index < -0.39 is 6.10 Å². The number of hydrogen-bond donors (Lipinski definition) is 0. The molecule has 6 nitrogen and oxygen atoms in total. The molecule has 1 unspecified atom stereocenters. The van der Waals surface area contributed by atoms with Gasteiger partial charge in [0, 0.05) is 19.3 Å². The van der Waals surface area contributed by atoms with Gasteiger partial charge in [-0.15, -0.1) is 0 Å². The lowest BCUT2D eigenvalue weighted by molar-refractivity contribution is -0.167. The molecule has 0 bridgehead atoms. The summed E-state index contributed by atoms with van der Waals surface area (Å²) in [5.41, 5.74) is 0. The van der Waals surface area contributed by atoms with Gasteiger partial charge in [0.1, 0.15) is 13.2 Å². The van der Waals surface area contributed by atoms with E-state index in [9.17, 15) is 14.4 Å². The Morgan fingerprint density at radius 1 is 0.288 bits per heavy atom. The average molecular weight is 932 g/mol. The third-order valence-electron chi connectivity index (χ3n) is 13.5. The molecule has 0 aromatic rings. The third kappa shape index (κ3) is 53.1. The smallest absolute Gasteiger partial charge is 0.306 e. The Hall–Kier alpha value is -1.85. The van der Waals surface area contributed by atoms with E-state index in [4.69, 9.17) is 14.2 Å². The van der Waals surface area contributed by atoms with E-state index in [-0.39, 0.29) is 31.1 Å². The normalized spacial score (nSPS) is 12.0. The number of carbonyl (C=O) groups is 3. The van der Waals surface area contributed by atoms with Crippen molar-refractivity contribution in [3.63, 3.8) is 0 Å². The predicted octanol–water partition coefficient (Wildman–Crippen LogP) is 19.7. The molecule has 1 atom stereocenters. The van der Waals surface area contributed by atoms with E-state index in [0.29, 0.717) is 19.3 Å². The molecule has 0 N–H and O–H groups in total. The molecule has 0 fully saturated rings. The topological polar surface area (TPSA) is 78.9 Å². The fraction of sp³-hybridized carbons (Fsp3) is 0.917. The van der Waals surface area contributed by atoms with Gasteiger partial charge in [0.05, 0.1) is 0 Å². The zero-order chi connectivity index (χ0) is 47.9. The summed E-state index contributed by atoms with van der Waals surface area (Å²) >= 11 is 0. The van der Waals surface area contributed by atoms with Crippen molar-refractivity contribution in [3.8, 4) is 0 Å². The Bertz CT molecular complexity index is 1020. The SMILES string of the molecule is CCCCCCCCCC/C=C\CCCCCCCCCCCCCCCCCCCC(=O)OCC(COC(=O)CCCCCCC)OC(=O)CCCCCCCCCCCCCCCC. The van der Waals surface area contributed by atoms with E-state index in [1.165, 1.54) is 231 Å². The average Bonchev–Trinajstić information content (AvgIpc) is 3.31. The second-order valence-corrected chi connectivity index (χ2v) is 20.3. The Kier molecular flexibility index (Phi) is 54.2. The number of allylic oxidation sites excluding steroid dienone is 2. The summed E-state index contributed by atoms with van der Waals surface area (Å²) in [6, 6.07) is 0. The van der Waals surface area contributed by atoms with Crippen LogP contribution in [0.15, 0.2) is 12.2 Å². The highest BCUT2D eigenvalue weighted by atomic mass is 16.6. The molecular weight excluding hydrogens is 817 g/mol. The summed E-state index contributed by atoms with van der Waals surface area (Å²) in [5.74, 6) is -0.858. The van der Waals surface area contributed by atoms with Crippen LogP contribution in [-0.4, -0.2) is 37.2 Å². The molecule has 390 valence electrons. The van der Waals surface area contributed by atoms with Crippen LogP contribution in [-0.2, 0) is 28.6 Å². The maximum atomic E-state index is 12.7. The van der Waals surface area contributed by atoms with Crippen LogP contribution in [0.1, 0.15) is 335 Å². The largest absolute Gasteiger partial charge is 0.462 e. The second kappa shape index (κ2) is 55.7. The molecule has 0 amide bonds. The van der Waals surface area contributed by atoms with Crippen molar-refractivity contribution in [1.82, 2.24) is 0 Å². The summed E-state index contributed by atoms with van der Waals surface area (Å²) in [6.45, 7) is 6.60. The summed E-state index contributed by atoms with van der Waals surface area (Å²) in [7, 11) is 0. The van der Waals surface area contributed by atoms with E-state index in [0.717, 1.165) is 64.2 Å². The quantitative estimate of drug-likeness (QED) is 0.0262. The molecule has 0 aliphatic heterocycles. The van der Waals surface area contributed by atoms with Gasteiger partial charge in [-0.3, -0.25) is 14.4 Å². The predicted molar refractivity (Wildman–Crippen MR) is 284 cm³/mol. The number of carbonyl (C=O) groups excluding carboxylic acids is 3. The van der Waals surface area contributed by atoms with Crippen molar-refractivity contribution >= 4 is 17.9 Å². The number of unbranched alkanes of at least 4 members (excludes halogenated alkanes) is 42. The maximum Gasteiger partial charge on any atom is 0.306 e. The molecule has 0 radical (unpaired) electrons. The van der Waals surface area contributed by atoms with Crippen LogP contribution in [0.4, 0.5) is 0 Å². The minimum Gasteiger partial charge on any atom is -0.462 e. The highest BCUT2D eigenvalue weighted by Crippen LogP contribution is 2.17. The molecule has 0 aromatic carbocycles. The first-order chi connectivity index (χ1) is 32.5. The minimum atomic E-state index is -0.760. The van der Waals surface area contributed by atoms with Crippen LogP contribution in [0.25, 0.3) is 0 Å². The molecule has 0 rings (SSSR count). The van der Waals surface area contributed by atoms with Gasteiger partial charge in [-0.25, -0.2) is 0 Å². The lowest BCUT2D eigenvalue weighted by Crippen LogP contribution is -2.30. The van der Waals surface area contributed by atoms with Gasteiger partial charge in [0.15, 0.2) is 6.10 Å². The first kappa shape index (κ1) is 64.2. The molecule has 66 heavy (non-hydrogen) atoms. The van der Waals surface area contributed by atoms with Crippen LogP contribution in [0.5, 0.6) is 0 Å². The number of rotatable bonds is 55. The third-order valence-corrected chi connectivity index (χ3v) is 13.5. The Balaban J connectivity index is 3.91. The molecule has 0 aliphatic carbocycles. The Morgan fingerprint density at radius 3 is 0.758 bits per heavy atom. The standard InChI is InChI=1S/C60H114O6/c1-4-7-10-13-15-17-19-21-23-24-25-26-27-28-29-30-31-32-33-34-35-36-37-39-40-42-44-47-50-53-59(62)65-56-57(55-64-58(61)52-49-46-12-9-6-3)66-60(63)54-51-48-45-43-41-38-22-20-18-16-14-11-8-5-2/h24-25,57H,4-23,26-56H2,1-3H3/b25-24-. The number of esters is 3. The monoisotopic (exact) mass is 931 g/mol. The van der Waals surface area contributed by atoms with Gasteiger partial charge >= 0.3 is 17.9 Å².